The number of methoxy groups -OCH3 is 1. The zero-order valence-corrected chi connectivity index (χ0v) is 13.9. The Labute approximate surface area is 141 Å². The molecular formula is C18H22FN3O2. The number of aliphatic imine (C=N–C) groups is 1. The molecule has 0 saturated carbocycles. The third-order valence-electron chi connectivity index (χ3n) is 3.30. The zero-order chi connectivity index (χ0) is 17.2. The van der Waals surface area contributed by atoms with Crippen molar-refractivity contribution in [1.29, 1.82) is 0 Å². The van der Waals surface area contributed by atoms with E-state index in [1.54, 1.807) is 20.2 Å². The number of halogens is 1. The largest absolute Gasteiger partial charge is 0.497 e. The molecule has 2 rings (SSSR count). The topological polar surface area (TPSA) is 54.9 Å². The third-order valence-corrected chi connectivity index (χ3v) is 3.30. The summed E-state index contributed by atoms with van der Waals surface area (Å²) in [6.07, 6.45) is 0. The van der Waals surface area contributed by atoms with Gasteiger partial charge in [-0.15, -0.1) is 0 Å². The first kappa shape index (κ1) is 17.6. The number of nitrogens with one attached hydrogen (secondary N) is 2. The number of guanidine groups is 1. The smallest absolute Gasteiger partial charge is 0.191 e. The maximum Gasteiger partial charge on any atom is 0.191 e. The van der Waals surface area contributed by atoms with Crippen LogP contribution in [0.4, 0.5) is 4.39 Å². The van der Waals surface area contributed by atoms with Crippen molar-refractivity contribution in [2.75, 3.05) is 27.3 Å². The van der Waals surface area contributed by atoms with Crippen LogP contribution in [-0.4, -0.2) is 33.3 Å². The molecule has 24 heavy (non-hydrogen) atoms. The average Bonchev–Trinajstić information content (AvgIpc) is 2.61. The average molecular weight is 331 g/mol. The van der Waals surface area contributed by atoms with Crippen molar-refractivity contribution in [1.82, 2.24) is 10.6 Å². The van der Waals surface area contributed by atoms with Crippen LogP contribution in [0, 0.1) is 5.82 Å². The van der Waals surface area contributed by atoms with Gasteiger partial charge in [0.25, 0.3) is 0 Å². The molecule has 0 unspecified atom stereocenters. The van der Waals surface area contributed by atoms with Crippen LogP contribution in [0.5, 0.6) is 11.5 Å². The fraction of sp³-hybridized carbons (Fsp3) is 0.278. The minimum absolute atomic E-state index is 0.245. The monoisotopic (exact) mass is 331 g/mol. The van der Waals surface area contributed by atoms with Gasteiger partial charge in [-0.3, -0.25) is 4.99 Å². The second-order valence-corrected chi connectivity index (χ2v) is 5.01. The molecular weight excluding hydrogens is 309 g/mol. The van der Waals surface area contributed by atoms with Crippen molar-refractivity contribution in [3.63, 3.8) is 0 Å². The Morgan fingerprint density at radius 2 is 1.83 bits per heavy atom. The van der Waals surface area contributed by atoms with Gasteiger partial charge in [-0.1, -0.05) is 12.1 Å². The second kappa shape index (κ2) is 9.39. The van der Waals surface area contributed by atoms with Crippen molar-refractivity contribution in [2.24, 2.45) is 4.99 Å². The van der Waals surface area contributed by atoms with E-state index in [-0.39, 0.29) is 5.82 Å². The van der Waals surface area contributed by atoms with Gasteiger partial charge in [-0.2, -0.15) is 0 Å². The molecule has 0 aliphatic rings. The lowest BCUT2D eigenvalue weighted by atomic mass is 10.2. The molecule has 0 aliphatic heterocycles. The summed E-state index contributed by atoms with van der Waals surface area (Å²) < 4.78 is 23.9. The second-order valence-electron chi connectivity index (χ2n) is 5.01. The van der Waals surface area contributed by atoms with Crippen LogP contribution < -0.4 is 20.1 Å². The van der Waals surface area contributed by atoms with Gasteiger partial charge in [-0.05, 0) is 42.0 Å². The standard InChI is InChI=1S/C18H22FN3O2/c1-20-18(22-13-14-4-3-5-15(19)12-14)21-10-11-24-17-8-6-16(23-2)7-9-17/h3-9,12H,10-11,13H2,1-2H3,(H2,20,21,22). The molecule has 0 spiro atoms. The van der Waals surface area contributed by atoms with Gasteiger partial charge >= 0.3 is 0 Å². The Morgan fingerprint density at radius 1 is 1.08 bits per heavy atom. The van der Waals surface area contributed by atoms with Gasteiger partial charge in [0.05, 0.1) is 13.7 Å². The molecule has 0 atom stereocenters. The van der Waals surface area contributed by atoms with Crippen LogP contribution in [0.3, 0.4) is 0 Å². The highest BCUT2D eigenvalue weighted by Gasteiger charge is 2.00. The van der Waals surface area contributed by atoms with Crippen LogP contribution in [0.2, 0.25) is 0 Å². The van der Waals surface area contributed by atoms with Gasteiger partial charge in [0, 0.05) is 13.6 Å². The molecule has 0 aliphatic carbocycles. The first-order valence-electron chi connectivity index (χ1n) is 7.67. The van der Waals surface area contributed by atoms with E-state index in [2.05, 4.69) is 15.6 Å². The van der Waals surface area contributed by atoms with Crippen LogP contribution in [0.15, 0.2) is 53.5 Å². The molecule has 0 amide bonds. The highest BCUT2D eigenvalue weighted by atomic mass is 19.1. The van der Waals surface area contributed by atoms with E-state index < -0.39 is 0 Å². The summed E-state index contributed by atoms with van der Waals surface area (Å²) in [5, 5.41) is 6.27. The van der Waals surface area contributed by atoms with Crippen molar-refractivity contribution < 1.29 is 13.9 Å². The van der Waals surface area contributed by atoms with Crippen LogP contribution in [0.1, 0.15) is 5.56 Å². The quantitative estimate of drug-likeness (QED) is 0.465. The minimum atomic E-state index is -0.245. The zero-order valence-electron chi connectivity index (χ0n) is 13.9. The maximum absolute atomic E-state index is 13.1. The predicted molar refractivity (Wildman–Crippen MR) is 93.1 cm³/mol. The number of nitrogens with zero attached hydrogens (tertiary/aromatic N) is 1. The number of rotatable bonds is 7. The number of hydrogen-bond acceptors (Lipinski definition) is 3. The molecule has 6 heteroatoms. The Balaban J connectivity index is 1.69. The minimum Gasteiger partial charge on any atom is -0.497 e. The van der Waals surface area contributed by atoms with E-state index in [1.165, 1.54) is 12.1 Å². The molecule has 0 bridgehead atoms. The number of hydrogen-bond donors (Lipinski definition) is 2. The maximum atomic E-state index is 13.1. The molecule has 2 aromatic carbocycles. The highest BCUT2D eigenvalue weighted by molar-refractivity contribution is 5.79. The van der Waals surface area contributed by atoms with E-state index in [1.807, 2.05) is 30.3 Å². The molecule has 128 valence electrons. The lowest BCUT2D eigenvalue weighted by Crippen LogP contribution is -2.38. The van der Waals surface area contributed by atoms with Gasteiger partial charge in [0.1, 0.15) is 23.9 Å². The van der Waals surface area contributed by atoms with Crippen molar-refractivity contribution >= 4 is 5.96 Å². The third kappa shape index (κ3) is 5.79. The molecule has 0 heterocycles. The van der Waals surface area contributed by atoms with Crippen LogP contribution in [-0.2, 0) is 6.54 Å². The lowest BCUT2D eigenvalue weighted by molar-refractivity contribution is 0.321. The van der Waals surface area contributed by atoms with E-state index >= 15 is 0 Å². The molecule has 2 aromatic rings. The molecule has 0 radical (unpaired) electrons. The van der Waals surface area contributed by atoms with Gasteiger partial charge < -0.3 is 20.1 Å². The highest BCUT2D eigenvalue weighted by Crippen LogP contribution is 2.16. The van der Waals surface area contributed by atoms with Crippen molar-refractivity contribution in [2.45, 2.75) is 6.54 Å². The van der Waals surface area contributed by atoms with E-state index in [4.69, 9.17) is 9.47 Å². The SMILES string of the molecule is CN=C(NCCOc1ccc(OC)cc1)NCc1cccc(F)c1. The van der Waals surface area contributed by atoms with Gasteiger partial charge in [0.15, 0.2) is 5.96 Å². The number of benzene rings is 2. The van der Waals surface area contributed by atoms with Crippen molar-refractivity contribution in [3.8, 4) is 11.5 Å². The Hall–Kier alpha value is -2.76. The summed E-state index contributed by atoms with van der Waals surface area (Å²) in [6.45, 7) is 1.58. The fourth-order valence-electron chi connectivity index (χ4n) is 2.06. The summed E-state index contributed by atoms with van der Waals surface area (Å²) in [4.78, 5) is 4.12. The summed E-state index contributed by atoms with van der Waals surface area (Å²) in [7, 11) is 3.31. The first-order chi connectivity index (χ1) is 11.7. The summed E-state index contributed by atoms with van der Waals surface area (Å²) >= 11 is 0. The van der Waals surface area contributed by atoms with Crippen LogP contribution in [0.25, 0.3) is 0 Å². The molecule has 2 N–H and O–H groups in total. The number of ether oxygens (including phenoxy) is 2. The molecule has 0 saturated heterocycles. The Morgan fingerprint density at radius 3 is 2.50 bits per heavy atom. The van der Waals surface area contributed by atoms with Crippen molar-refractivity contribution in [3.05, 3.63) is 59.9 Å². The molecule has 0 fully saturated rings. The van der Waals surface area contributed by atoms with Gasteiger partial charge in [0.2, 0.25) is 0 Å². The molecule has 0 aromatic heterocycles. The van der Waals surface area contributed by atoms with E-state index in [9.17, 15) is 4.39 Å². The first-order valence-corrected chi connectivity index (χ1v) is 7.67. The summed E-state index contributed by atoms with van der Waals surface area (Å²) in [5.41, 5.74) is 0.854. The van der Waals surface area contributed by atoms with Gasteiger partial charge in [-0.25, -0.2) is 4.39 Å². The Kier molecular flexibility index (Phi) is 6.89. The normalized spacial score (nSPS) is 11.0. The van der Waals surface area contributed by atoms with E-state index in [0.717, 1.165) is 17.1 Å². The van der Waals surface area contributed by atoms with E-state index in [0.29, 0.717) is 25.7 Å². The fourth-order valence-corrected chi connectivity index (χ4v) is 2.06. The summed E-state index contributed by atoms with van der Waals surface area (Å²) in [5.74, 6) is 1.96. The Bertz CT molecular complexity index is 660. The lowest BCUT2D eigenvalue weighted by Gasteiger charge is -2.13. The predicted octanol–water partition coefficient (Wildman–Crippen LogP) is 2.58. The van der Waals surface area contributed by atoms with Crippen LogP contribution >= 0.6 is 0 Å². The molecule has 5 nitrogen and oxygen atoms in total. The summed E-state index contributed by atoms with van der Waals surface area (Å²) in [6, 6.07) is 13.9.